The summed E-state index contributed by atoms with van der Waals surface area (Å²) in [5.74, 6) is 0.317. The van der Waals surface area contributed by atoms with E-state index in [4.69, 9.17) is 17.3 Å². The van der Waals surface area contributed by atoms with Crippen LogP contribution in [0.25, 0.3) is 10.2 Å². The average molecular weight is 449 g/mol. The molecular formula is C22H29ClN4O2S. The van der Waals surface area contributed by atoms with Crippen molar-refractivity contribution in [2.45, 2.75) is 70.0 Å². The molecule has 0 radical (unpaired) electrons. The number of carbonyl (C=O) groups is 2. The van der Waals surface area contributed by atoms with Crippen molar-refractivity contribution in [1.29, 1.82) is 0 Å². The van der Waals surface area contributed by atoms with Crippen LogP contribution in [0.15, 0.2) is 18.2 Å². The van der Waals surface area contributed by atoms with Gasteiger partial charge in [-0.3, -0.25) is 9.59 Å². The SMILES string of the molecule is N[C@H](CC1CCCCC1)NC(=O)[C@H](Cc1nc2ccc(Cl)cc2s1)NC(=O)C1CC1. The maximum absolute atomic E-state index is 13.0. The molecule has 2 saturated carbocycles. The second-order valence-corrected chi connectivity index (χ2v) is 10.2. The quantitative estimate of drug-likeness (QED) is 0.535. The van der Waals surface area contributed by atoms with Crippen LogP contribution in [0.2, 0.25) is 5.02 Å². The van der Waals surface area contributed by atoms with Gasteiger partial charge in [-0.05, 0) is 43.4 Å². The number of rotatable bonds is 8. The summed E-state index contributed by atoms with van der Waals surface area (Å²) in [7, 11) is 0. The highest BCUT2D eigenvalue weighted by molar-refractivity contribution is 7.18. The van der Waals surface area contributed by atoms with Crippen molar-refractivity contribution in [3.63, 3.8) is 0 Å². The van der Waals surface area contributed by atoms with E-state index in [1.165, 1.54) is 43.4 Å². The lowest BCUT2D eigenvalue weighted by Gasteiger charge is -2.26. The number of nitrogens with two attached hydrogens (primary N) is 1. The zero-order chi connectivity index (χ0) is 21.1. The molecule has 4 rings (SSSR count). The van der Waals surface area contributed by atoms with Crippen molar-refractivity contribution in [1.82, 2.24) is 15.6 Å². The number of hydrogen-bond donors (Lipinski definition) is 3. The van der Waals surface area contributed by atoms with Crippen molar-refractivity contribution >= 4 is 45.0 Å². The number of nitrogens with one attached hydrogen (secondary N) is 2. The van der Waals surface area contributed by atoms with E-state index in [2.05, 4.69) is 15.6 Å². The summed E-state index contributed by atoms with van der Waals surface area (Å²) in [6.07, 6.45) is 8.66. The lowest BCUT2D eigenvalue weighted by atomic mass is 9.86. The number of amides is 2. The minimum absolute atomic E-state index is 0.0328. The topological polar surface area (TPSA) is 97.1 Å². The lowest BCUT2D eigenvalue weighted by molar-refractivity contribution is -0.130. The normalized spacial score (nSPS) is 19.4. The van der Waals surface area contributed by atoms with E-state index < -0.39 is 12.2 Å². The van der Waals surface area contributed by atoms with Crippen LogP contribution in [0.4, 0.5) is 0 Å². The largest absolute Gasteiger partial charge is 0.344 e. The predicted octanol–water partition coefficient (Wildman–Crippen LogP) is 3.76. The van der Waals surface area contributed by atoms with Gasteiger partial charge in [0.15, 0.2) is 0 Å². The Morgan fingerprint density at radius 1 is 1.17 bits per heavy atom. The van der Waals surface area contributed by atoms with Gasteiger partial charge in [0, 0.05) is 17.4 Å². The molecule has 2 fully saturated rings. The fourth-order valence-electron chi connectivity index (χ4n) is 4.18. The third kappa shape index (κ3) is 5.71. The molecule has 0 saturated heterocycles. The number of benzene rings is 1. The van der Waals surface area contributed by atoms with Crippen LogP contribution in [0, 0.1) is 11.8 Å². The standard InChI is InChI=1S/C22H29ClN4O2S/c23-15-8-9-16-18(11-15)30-20(25-16)12-17(26-21(28)14-6-7-14)22(29)27-19(24)10-13-4-2-1-3-5-13/h8-9,11,13-14,17,19H,1-7,10,12,24H2,(H,26,28)(H,27,29)/t17-,19-/m0/s1. The minimum Gasteiger partial charge on any atom is -0.344 e. The van der Waals surface area contributed by atoms with E-state index in [0.29, 0.717) is 17.4 Å². The Morgan fingerprint density at radius 3 is 2.67 bits per heavy atom. The second kappa shape index (κ2) is 9.62. The first-order valence-electron chi connectivity index (χ1n) is 10.9. The average Bonchev–Trinajstić information content (AvgIpc) is 3.49. The summed E-state index contributed by atoms with van der Waals surface area (Å²) < 4.78 is 0.971. The monoisotopic (exact) mass is 448 g/mol. The molecule has 30 heavy (non-hydrogen) atoms. The molecule has 8 heteroatoms. The Hall–Kier alpha value is -1.70. The number of nitrogens with zero attached hydrogens (tertiary/aromatic N) is 1. The molecular weight excluding hydrogens is 420 g/mol. The molecule has 0 spiro atoms. The van der Waals surface area contributed by atoms with Crippen LogP contribution in [0.3, 0.4) is 0 Å². The molecule has 2 aliphatic rings. The van der Waals surface area contributed by atoms with E-state index in [9.17, 15) is 9.59 Å². The Bertz CT molecular complexity index is 908. The van der Waals surface area contributed by atoms with Gasteiger partial charge < -0.3 is 16.4 Å². The summed E-state index contributed by atoms with van der Waals surface area (Å²) in [5, 5.41) is 7.31. The van der Waals surface area contributed by atoms with Crippen LogP contribution < -0.4 is 16.4 Å². The Morgan fingerprint density at radius 2 is 1.93 bits per heavy atom. The number of carbonyl (C=O) groups excluding carboxylic acids is 2. The van der Waals surface area contributed by atoms with E-state index in [1.807, 2.05) is 12.1 Å². The van der Waals surface area contributed by atoms with Crippen LogP contribution in [0.1, 0.15) is 56.4 Å². The molecule has 2 aromatic rings. The van der Waals surface area contributed by atoms with Gasteiger partial charge in [-0.15, -0.1) is 11.3 Å². The van der Waals surface area contributed by atoms with Gasteiger partial charge in [0.2, 0.25) is 11.8 Å². The van der Waals surface area contributed by atoms with Gasteiger partial charge in [-0.25, -0.2) is 4.98 Å². The van der Waals surface area contributed by atoms with Gasteiger partial charge in [0.05, 0.1) is 21.4 Å². The van der Waals surface area contributed by atoms with Crippen molar-refractivity contribution in [3.05, 3.63) is 28.2 Å². The molecule has 0 bridgehead atoms. The highest BCUT2D eigenvalue weighted by atomic mass is 35.5. The number of hydrogen-bond acceptors (Lipinski definition) is 5. The molecule has 6 nitrogen and oxygen atoms in total. The zero-order valence-electron chi connectivity index (χ0n) is 17.0. The van der Waals surface area contributed by atoms with Gasteiger partial charge in [-0.2, -0.15) is 0 Å². The van der Waals surface area contributed by atoms with E-state index in [-0.39, 0.29) is 17.7 Å². The lowest BCUT2D eigenvalue weighted by Crippen LogP contribution is -2.53. The van der Waals surface area contributed by atoms with Crippen LogP contribution in [-0.4, -0.2) is 29.0 Å². The van der Waals surface area contributed by atoms with Crippen molar-refractivity contribution in [3.8, 4) is 0 Å². The fourth-order valence-corrected chi connectivity index (χ4v) is 5.47. The third-order valence-electron chi connectivity index (χ3n) is 5.99. The van der Waals surface area contributed by atoms with E-state index in [0.717, 1.165) is 34.5 Å². The highest BCUT2D eigenvalue weighted by Crippen LogP contribution is 2.30. The molecule has 2 amide bonds. The number of aromatic nitrogens is 1. The molecule has 1 aromatic heterocycles. The van der Waals surface area contributed by atoms with Crippen molar-refractivity contribution in [2.75, 3.05) is 0 Å². The first-order chi connectivity index (χ1) is 14.5. The molecule has 4 N–H and O–H groups in total. The molecule has 2 atom stereocenters. The first kappa shape index (κ1) is 21.5. The first-order valence-corrected chi connectivity index (χ1v) is 12.1. The number of halogens is 1. The van der Waals surface area contributed by atoms with Crippen molar-refractivity contribution in [2.24, 2.45) is 17.6 Å². The van der Waals surface area contributed by atoms with Crippen LogP contribution in [-0.2, 0) is 16.0 Å². The Kier molecular flexibility index (Phi) is 6.91. The minimum atomic E-state index is -0.674. The molecule has 2 aliphatic carbocycles. The predicted molar refractivity (Wildman–Crippen MR) is 120 cm³/mol. The molecule has 162 valence electrons. The van der Waals surface area contributed by atoms with Gasteiger partial charge in [-0.1, -0.05) is 43.7 Å². The van der Waals surface area contributed by atoms with E-state index in [1.54, 1.807) is 6.07 Å². The smallest absolute Gasteiger partial charge is 0.244 e. The van der Waals surface area contributed by atoms with Crippen molar-refractivity contribution < 1.29 is 9.59 Å². The maximum atomic E-state index is 13.0. The second-order valence-electron chi connectivity index (χ2n) is 8.61. The molecule has 1 heterocycles. The third-order valence-corrected chi connectivity index (χ3v) is 7.27. The Balaban J connectivity index is 1.42. The van der Waals surface area contributed by atoms with Crippen LogP contribution >= 0.6 is 22.9 Å². The van der Waals surface area contributed by atoms with Gasteiger partial charge in [0.25, 0.3) is 0 Å². The van der Waals surface area contributed by atoms with Gasteiger partial charge in [0.1, 0.15) is 6.04 Å². The molecule has 0 unspecified atom stereocenters. The summed E-state index contributed by atoms with van der Waals surface area (Å²) in [4.78, 5) is 30.0. The summed E-state index contributed by atoms with van der Waals surface area (Å²) in [5.41, 5.74) is 7.09. The highest BCUT2D eigenvalue weighted by Gasteiger charge is 2.33. The number of thiazole rings is 1. The summed E-state index contributed by atoms with van der Waals surface area (Å²) in [6.45, 7) is 0. The fraction of sp³-hybridized carbons (Fsp3) is 0.591. The molecule has 0 aliphatic heterocycles. The number of fused-ring (bicyclic) bond motifs is 1. The maximum Gasteiger partial charge on any atom is 0.244 e. The summed E-state index contributed by atoms with van der Waals surface area (Å²) in [6, 6.07) is 4.87. The van der Waals surface area contributed by atoms with Crippen LogP contribution in [0.5, 0.6) is 0 Å². The summed E-state index contributed by atoms with van der Waals surface area (Å²) >= 11 is 7.57. The Labute approximate surface area is 186 Å². The molecule has 1 aromatic carbocycles. The van der Waals surface area contributed by atoms with E-state index >= 15 is 0 Å². The van der Waals surface area contributed by atoms with Gasteiger partial charge >= 0.3 is 0 Å². The zero-order valence-corrected chi connectivity index (χ0v) is 18.6.